The number of nitrogens with one attached hydrogen (secondary N) is 2. The Kier molecular flexibility index (Phi) is 8.68. The van der Waals surface area contributed by atoms with E-state index in [1.54, 1.807) is 31.2 Å². The third kappa shape index (κ3) is 7.18. The Morgan fingerprint density at radius 2 is 1.69 bits per heavy atom. The second-order valence-electron chi connectivity index (χ2n) is 8.43. The van der Waals surface area contributed by atoms with E-state index in [1.165, 1.54) is 0 Å². The van der Waals surface area contributed by atoms with Crippen molar-refractivity contribution in [1.82, 2.24) is 5.32 Å². The number of anilines is 1. The molecule has 6 nitrogen and oxygen atoms in total. The summed E-state index contributed by atoms with van der Waals surface area (Å²) in [6.07, 6.45) is 4.47. The lowest BCUT2D eigenvalue weighted by atomic mass is 9.82. The molecular weight excluding hydrogens is 368 g/mol. The predicted molar refractivity (Wildman–Crippen MR) is 114 cm³/mol. The second-order valence-corrected chi connectivity index (χ2v) is 8.43. The van der Waals surface area contributed by atoms with Crippen molar-refractivity contribution in [2.24, 2.45) is 17.8 Å². The number of hydrogen-bond donors (Lipinski definition) is 2. The van der Waals surface area contributed by atoms with Crippen LogP contribution in [0.15, 0.2) is 24.3 Å². The molecule has 160 valence electrons. The maximum absolute atomic E-state index is 12.8. The molecule has 1 aliphatic carbocycles. The van der Waals surface area contributed by atoms with Crippen molar-refractivity contribution in [2.45, 2.75) is 65.8 Å². The van der Waals surface area contributed by atoms with Crippen LogP contribution in [0.4, 0.5) is 5.69 Å². The molecule has 1 fully saturated rings. The number of carbonyl (C=O) groups is 3. The van der Waals surface area contributed by atoms with Crippen LogP contribution in [0.5, 0.6) is 0 Å². The van der Waals surface area contributed by atoms with Crippen LogP contribution in [0.1, 0.15) is 70.2 Å². The highest BCUT2D eigenvalue weighted by atomic mass is 16.5. The Balaban J connectivity index is 1.99. The second kappa shape index (κ2) is 11.0. The summed E-state index contributed by atoms with van der Waals surface area (Å²) < 4.78 is 4.97. The first kappa shape index (κ1) is 22.9. The van der Waals surface area contributed by atoms with Gasteiger partial charge in [0.2, 0.25) is 11.8 Å². The van der Waals surface area contributed by atoms with Crippen molar-refractivity contribution >= 4 is 23.5 Å². The topological polar surface area (TPSA) is 84.5 Å². The van der Waals surface area contributed by atoms with Gasteiger partial charge in [-0.1, -0.05) is 20.8 Å². The van der Waals surface area contributed by atoms with E-state index in [0.717, 1.165) is 25.7 Å². The first-order chi connectivity index (χ1) is 13.8. The van der Waals surface area contributed by atoms with Crippen LogP contribution in [0.2, 0.25) is 0 Å². The summed E-state index contributed by atoms with van der Waals surface area (Å²) in [6, 6.07) is 5.99. The normalized spacial score (nSPS) is 20.0. The van der Waals surface area contributed by atoms with Gasteiger partial charge in [0.1, 0.15) is 6.04 Å². The van der Waals surface area contributed by atoms with Gasteiger partial charge in [-0.25, -0.2) is 4.79 Å². The Hall–Kier alpha value is -2.37. The first-order valence-corrected chi connectivity index (χ1v) is 10.7. The molecule has 6 heteroatoms. The van der Waals surface area contributed by atoms with E-state index in [1.807, 2.05) is 13.8 Å². The molecule has 1 aromatic rings. The summed E-state index contributed by atoms with van der Waals surface area (Å²) in [4.78, 5) is 37.3. The molecule has 29 heavy (non-hydrogen) atoms. The molecule has 2 amide bonds. The number of esters is 1. The van der Waals surface area contributed by atoms with Gasteiger partial charge in [-0.3, -0.25) is 9.59 Å². The van der Waals surface area contributed by atoms with Gasteiger partial charge < -0.3 is 15.4 Å². The molecule has 0 unspecified atom stereocenters. The van der Waals surface area contributed by atoms with Gasteiger partial charge in [-0.05, 0) is 75.1 Å². The summed E-state index contributed by atoms with van der Waals surface area (Å²) >= 11 is 0. The molecular formula is C23H34N2O4. The van der Waals surface area contributed by atoms with E-state index in [9.17, 15) is 14.4 Å². The number of carbonyl (C=O) groups excluding carboxylic acids is 3. The smallest absolute Gasteiger partial charge is 0.338 e. The Morgan fingerprint density at radius 1 is 1.07 bits per heavy atom. The number of amides is 2. The van der Waals surface area contributed by atoms with E-state index in [0.29, 0.717) is 30.2 Å². The van der Waals surface area contributed by atoms with Gasteiger partial charge in [0.05, 0.1) is 12.2 Å². The fourth-order valence-electron chi connectivity index (χ4n) is 3.65. The van der Waals surface area contributed by atoms with Gasteiger partial charge in [0, 0.05) is 11.6 Å². The Morgan fingerprint density at radius 3 is 2.24 bits per heavy atom. The monoisotopic (exact) mass is 402 g/mol. The minimum atomic E-state index is -0.577. The summed E-state index contributed by atoms with van der Waals surface area (Å²) in [5.74, 6) is 0.292. The maximum Gasteiger partial charge on any atom is 0.338 e. The van der Waals surface area contributed by atoms with Gasteiger partial charge in [0.15, 0.2) is 0 Å². The molecule has 1 saturated carbocycles. The summed E-state index contributed by atoms with van der Waals surface area (Å²) in [5.41, 5.74) is 1.01. The zero-order chi connectivity index (χ0) is 21.4. The van der Waals surface area contributed by atoms with Gasteiger partial charge in [-0.2, -0.15) is 0 Å². The number of rotatable bonds is 8. The summed E-state index contributed by atoms with van der Waals surface area (Å²) in [5, 5.41) is 5.83. The molecule has 2 rings (SSSR count). The van der Waals surface area contributed by atoms with Gasteiger partial charge in [-0.15, -0.1) is 0 Å². The molecule has 0 saturated heterocycles. The zero-order valence-corrected chi connectivity index (χ0v) is 18.0. The SMILES string of the molecule is CCOC(=O)c1ccc(NC(=O)[C@H](CC(C)C)NC(=O)C2CCC(C)CC2)cc1. The van der Waals surface area contributed by atoms with Gasteiger partial charge in [0.25, 0.3) is 0 Å². The van der Waals surface area contributed by atoms with Crippen LogP contribution in [0.3, 0.4) is 0 Å². The molecule has 0 aliphatic heterocycles. The predicted octanol–water partition coefficient (Wildman–Crippen LogP) is 4.16. The fourth-order valence-corrected chi connectivity index (χ4v) is 3.65. The third-order valence-electron chi connectivity index (χ3n) is 5.39. The summed E-state index contributed by atoms with van der Waals surface area (Å²) in [7, 11) is 0. The standard InChI is InChI=1S/C23H34N2O4/c1-5-29-23(28)18-10-12-19(13-11-18)24-22(27)20(14-15(2)3)25-21(26)17-8-6-16(4)7-9-17/h10-13,15-17,20H,5-9,14H2,1-4H3,(H,24,27)(H,25,26)/t16?,17?,20-/m0/s1. The van der Waals surface area contributed by atoms with E-state index in [-0.39, 0.29) is 23.7 Å². The van der Waals surface area contributed by atoms with Crippen LogP contribution in [0, 0.1) is 17.8 Å². The highest BCUT2D eigenvalue weighted by molar-refractivity contribution is 5.98. The van der Waals surface area contributed by atoms with Crippen molar-refractivity contribution in [2.75, 3.05) is 11.9 Å². The molecule has 0 aromatic heterocycles. The zero-order valence-electron chi connectivity index (χ0n) is 18.0. The lowest BCUT2D eigenvalue weighted by Crippen LogP contribution is -2.47. The average molecular weight is 403 g/mol. The van der Waals surface area contributed by atoms with E-state index >= 15 is 0 Å². The average Bonchev–Trinajstić information content (AvgIpc) is 2.68. The Bertz CT molecular complexity index is 691. The molecule has 0 radical (unpaired) electrons. The number of ether oxygens (including phenoxy) is 1. The highest BCUT2D eigenvalue weighted by Gasteiger charge is 2.28. The van der Waals surface area contributed by atoms with Crippen molar-refractivity contribution in [3.63, 3.8) is 0 Å². The molecule has 2 N–H and O–H groups in total. The van der Waals surface area contributed by atoms with E-state index in [4.69, 9.17) is 4.74 Å². The number of hydrogen-bond acceptors (Lipinski definition) is 4. The van der Waals surface area contributed by atoms with Crippen molar-refractivity contribution < 1.29 is 19.1 Å². The largest absolute Gasteiger partial charge is 0.462 e. The van der Waals surface area contributed by atoms with E-state index < -0.39 is 12.0 Å². The van der Waals surface area contributed by atoms with Crippen LogP contribution in [-0.4, -0.2) is 30.4 Å². The highest BCUT2D eigenvalue weighted by Crippen LogP contribution is 2.28. The Labute approximate surface area is 173 Å². The molecule has 1 aromatic carbocycles. The lowest BCUT2D eigenvalue weighted by Gasteiger charge is -2.28. The summed E-state index contributed by atoms with van der Waals surface area (Å²) in [6.45, 7) is 8.35. The molecule has 1 aliphatic rings. The molecule has 0 spiro atoms. The van der Waals surface area contributed by atoms with Crippen LogP contribution < -0.4 is 10.6 Å². The molecule has 1 atom stereocenters. The van der Waals surface area contributed by atoms with Crippen molar-refractivity contribution in [1.29, 1.82) is 0 Å². The lowest BCUT2D eigenvalue weighted by molar-refractivity contribution is -0.130. The fraction of sp³-hybridized carbons (Fsp3) is 0.609. The minimum absolute atomic E-state index is 0.00229. The van der Waals surface area contributed by atoms with E-state index in [2.05, 4.69) is 17.6 Å². The molecule has 0 bridgehead atoms. The van der Waals surface area contributed by atoms with Crippen LogP contribution in [-0.2, 0) is 14.3 Å². The van der Waals surface area contributed by atoms with Crippen LogP contribution >= 0.6 is 0 Å². The quantitative estimate of drug-likeness (QED) is 0.640. The minimum Gasteiger partial charge on any atom is -0.462 e. The van der Waals surface area contributed by atoms with Crippen LogP contribution in [0.25, 0.3) is 0 Å². The third-order valence-corrected chi connectivity index (χ3v) is 5.39. The molecule has 0 heterocycles. The maximum atomic E-state index is 12.8. The van der Waals surface area contributed by atoms with Gasteiger partial charge >= 0.3 is 5.97 Å². The van der Waals surface area contributed by atoms with Crippen molar-refractivity contribution in [3.05, 3.63) is 29.8 Å². The van der Waals surface area contributed by atoms with Crippen molar-refractivity contribution in [3.8, 4) is 0 Å². The number of benzene rings is 1. The first-order valence-electron chi connectivity index (χ1n) is 10.7.